The van der Waals surface area contributed by atoms with Crippen LogP contribution in [0.25, 0.3) is 0 Å². The van der Waals surface area contributed by atoms with Crippen LogP contribution in [0.2, 0.25) is 0 Å². The van der Waals surface area contributed by atoms with E-state index in [0.717, 1.165) is 4.47 Å². The third kappa shape index (κ3) is 3.21. The van der Waals surface area contributed by atoms with Crippen LogP contribution in [0.5, 0.6) is 5.75 Å². The van der Waals surface area contributed by atoms with E-state index in [1.165, 1.54) is 7.11 Å². The Bertz CT molecular complexity index is 364. The number of carboxylic acid groups (broad SMARTS) is 1. The van der Waals surface area contributed by atoms with Crippen LogP contribution in [-0.2, 0) is 4.79 Å². The van der Waals surface area contributed by atoms with Gasteiger partial charge in [-0.05, 0) is 18.2 Å². The molecule has 1 aromatic carbocycles. The number of hydrogen-bond acceptors (Lipinski definition) is 3. The minimum Gasteiger partial charge on any atom is -0.496 e. The van der Waals surface area contributed by atoms with Crippen molar-refractivity contribution in [2.75, 3.05) is 7.11 Å². The summed E-state index contributed by atoms with van der Waals surface area (Å²) in [5.41, 5.74) is 0.467. The number of rotatable bonds is 4. The van der Waals surface area contributed by atoms with E-state index in [1.54, 1.807) is 18.2 Å². The lowest BCUT2D eigenvalue weighted by Gasteiger charge is -2.13. The molecular formula is C10H11BrO4. The minimum atomic E-state index is -1.06. The minimum absolute atomic E-state index is 0.340. The second kappa shape index (κ2) is 5.14. The Labute approximate surface area is 95.6 Å². The van der Waals surface area contributed by atoms with E-state index in [0.29, 0.717) is 11.3 Å². The molecule has 0 radical (unpaired) electrons. The second-order valence-corrected chi connectivity index (χ2v) is 3.92. The first-order valence-electron chi connectivity index (χ1n) is 4.28. The first kappa shape index (κ1) is 12.0. The summed E-state index contributed by atoms with van der Waals surface area (Å²) in [5.74, 6) is -0.573. The number of benzene rings is 1. The van der Waals surface area contributed by atoms with Gasteiger partial charge >= 0.3 is 5.97 Å². The van der Waals surface area contributed by atoms with Gasteiger partial charge in [-0.25, -0.2) is 0 Å². The lowest BCUT2D eigenvalue weighted by molar-refractivity contribution is -0.139. The van der Waals surface area contributed by atoms with E-state index in [4.69, 9.17) is 9.84 Å². The fourth-order valence-electron chi connectivity index (χ4n) is 1.24. The number of carbonyl (C=O) groups is 1. The Kier molecular flexibility index (Phi) is 4.11. The molecule has 1 rings (SSSR count). The highest BCUT2D eigenvalue weighted by Crippen LogP contribution is 2.29. The van der Waals surface area contributed by atoms with Crippen molar-refractivity contribution in [3.8, 4) is 5.75 Å². The van der Waals surface area contributed by atoms with Gasteiger partial charge in [-0.1, -0.05) is 15.9 Å². The second-order valence-electron chi connectivity index (χ2n) is 3.00. The number of aliphatic hydroxyl groups is 1. The van der Waals surface area contributed by atoms with Gasteiger partial charge in [0.1, 0.15) is 5.75 Å². The van der Waals surface area contributed by atoms with Crippen LogP contribution in [0.3, 0.4) is 0 Å². The molecule has 1 aromatic rings. The molecule has 0 amide bonds. The van der Waals surface area contributed by atoms with Gasteiger partial charge in [0, 0.05) is 10.0 Å². The standard InChI is InChI=1S/C10H11BrO4/c1-15-9-3-2-6(11)4-7(9)8(12)5-10(13)14/h2-4,8,12H,5H2,1H3,(H,13,14)/t8-/m1/s1. The summed E-state index contributed by atoms with van der Waals surface area (Å²) in [6.45, 7) is 0. The largest absolute Gasteiger partial charge is 0.496 e. The molecule has 2 N–H and O–H groups in total. The van der Waals surface area contributed by atoms with Crippen LogP contribution < -0.4 is 4.74 Å². The first-order chi connectivity index (χ1) is 7.04. The van der Waals surface area contributed by atoms with Crippen LogP contribution in [0, 0.1) is 0 Å². The van der Waals surface area contributed by atoms with Gasteiger partial charge in [0.25, 0.3) is 0 Å². The number of methoxy groups -OCH3 is 1. The molecule has 4 nitrogen and oxygen atoms in total. The predicted octanol–water partition coefficient (Wildman–Crippen LogP) is 1.97. The van der Waals surface area contributed by atoms with Crippen molar-refractivity contribution in [1.29, 1.82) is 0 Å². The average Bonchev–Trinajstić information content (AvgIpc) is 2.16. The predicted molar refractivity (Wildman–Crippen MR) is 57.9 cm³/mol. The number of carboxylic acids is 1. The summed E-state index contributed by atoms with van der Waals surface area (Å²) in [4.78, 5) is 10.5. The number of halogens is 1. The summed E-state index contributed by atoms with van der Waals surface area (Å²) >= 11 is 3.25. The van der Waals surface area contributed by atoms with Crippen molar-refractivity contribution >= 4 is 21.9 Å². The van der Waals surface area contributed by atoms with Gasteiger partial charge < -0.3 is 14.9 Å². The van der Waals surface area contributed by atoms with Gasteiger partial charge in [-0.3, -0.25) is 4.79 Å². The van der Waals surface area contributed by atoms with Gasteiger partial charge in [-0.2, -0.15) is 0 Å². The molecule has 0 spiro atoms. The highest BCUT2D eigenvalue weighted by atomic mass is 79.9. The maximum absolute atomic E-state index is 10.5. The maximum Gasteiger partial charge on any atom is 0.306 e. The molecule has 15 heavy (non-hydrogen) atoms. The average molecular weight is 275 g/mol. The Balaban J connectivity index is 2.99. The number of aliphatic hydroxyl groups excluding tert-OH is 1. The molecule has 0 unspecified atom stereocenters. The quantitative estimate of drug-likeness (QED) is 0.881. The highest BCUT2D eigenvalue weighted by molar-refractivity contribution is 9.10. The first-order valence-corrected chi connectivity index (χ1v) is 5.07. The summed E-state index contributed by atoms with van der Waals surface area (Å²) in [6, 6.07) is 5.08. The Morgan fingerprint density at radius 1 is 1.60 bits per heavy atom. The molecule has 0 heterocycles. The molecule has 0 bridgehead atoms. The van der Waals surface area contributed by atoms with Crippen molar-refractivity contribution in [2.45, 2.75) is 12.5 Å². The van der Waals surface area contributed by atoms with Gasteiger partial charge in [0.05, 0.1) is 19.6 Å². The summed E-state index contributed by atoms with van der Waals surface area (Å²) in [6.07, 6.45) is -1.40. The topological polar surface area (TPSA) is 66.8 Å². The summed E-state index contributed by atoms with van der Waals surface area (Å²) in [5, 5.41) is 18.2. The molecule has 0 aliphatic carbocycles. The number of ether oxygens (including phenoxy) is 1. The molecular weight excluding hydrogens is 264 g/mol. The monoisotopic (exact) mass is 274 g/mol. The van der Waals surface area contributed by atoms with Gasteiger partial charge in [-0.15, -0.1) is 0 Å². The van der Waals surface area contributed by atoms with Gasteiger partial charge in [0.2, 0.25) is 0 Å². The van der Waals surface area contributed by atoms with E-state index >= 15 is 0 Å². The molecule has 1 atom stereocenters. The van der Waals surface area contributed by atoms with Crippen molar-refractivity contribution in [2.24, 2.45) is 0 Å². The number of aliphatic carboxylic acids is 1. The van der Waals surface area contributed by atoms with E-state index in [2.05, 4.69) is 15.9 Å². The van der Waals surface area contributed by atoms with Crippen LogP contribution >= 0.6 is 15.9 Å². The molecule has 0 saturated heterocycles. The third-order valence-electron chi connectivity index (χ3n) is 1.92. The van der Waals surface area contributed by atoms with Crippen molar-refractivity contribution in [3.63, 3.8) is 0 Å². The fraction of sp³-hybridized carbons (Fsp3) is 0.300. The zero-order valence-electron chi connectivity index (χ0n) is 8.11. The van der Waals surface area contributed by atoms with Crippen molar-refractivity contribution in [3.05, 3.63) is 28.2 Å². The Morgan fingerprint density at radius 2 is 2.27 bits per heavy atom. The molecule has 0 aromatic heterocycles. The third-order valence-corrected chi connectivity index (χ3v) is 2.41. The van der Waals surface area contributed by atoms with Crippen LogP contribution in [0.15, 0.2) is 22.7 Å². The zero-order valence-corrected chi connectivity index (χ0v) is 9.69. The van der Waals surface area contributed by atoms with E-state index in [1.807, 2.05) is 0 Å². The summed E-state index contributed by atoms with van der Waals surface area (Å²) < 4.78 is 5.80. The van der Waals surface area contributed by atoms with Crippen LogP contribution in [0.1, 0.15) is 18.1 Å². The fourth-order valence-corrected chi connectivity index (χ4v) is 1.62. The van der Waals surface area contributed by atoms with E-state index < -0.39 is 12.1 Å². The lowest BCUT2D eigenvalue weighted by Crippen LogP contribution is -2.06. The molecule has 0 saturated carbocycles. The number of hydrogen-bond donors (Lipinski definition) is 2. The lowest BCUT2D eigenvalue weighted by atomic mass is 10.1. The molecule has 0 aliphatic rings. The molecule has 82 valence electrons. The molecule has 5 heteroatoms. The van der Waals surface area contributed by atoms with Crippen molar-refractivity contribution < 1.29 is 19.7 Å². The smallest absolute Gasteiger partial charge is 0.306 e. The summed E-state index contributed by atoms with van der Waals surface area (Å²) in [7, 11) is 1.47. The van der Waals surface area contributed by atoms with E-state index in [9.17, 15) is 9.90 Å². The molecule has 0 aliphatic heterocycles. The Hall–Kier alpha value is -1.07. The molecule has 0 fully saturated rings. The van der Waals surface area contributed by atoms with Gasteiger partial charge in [0.15, 0.2) is 0 Å². The normalized spacial score (nSPS) is 12.2. The maximum atomic E-state index is 10.5. The van der Waals surface area contributed by atoms with Crippen molar-refractivity contribution in [1.82, 2.24) is 0 Å². The zero-order chi connectivity index (χ0) is 11.4. The highest BCUT2D eigenvalue weighted by Gasteiger charge is 2.16. The van der Waals surface area contributed by atoms with E-state index in [-0.39, 0.29) is 6.42 Å². The van der Waals surface area contributed by atoms with Crippen LogP contribution in [-0.4, -0.2) is 23.3 Å². The SMILES string of the molecule is COc1ccc(Br)cc1[C@H](O)CC(=O)O. The van der Waals surface area contributed by atoms with Crippen LogP contribution in [0.4, 0.5) is 0 Å². The Morgan fingerprint density at radius 3 is 2.80 bits per heavy atom.